The van der Waals surface area contributed by atoms with Crippen molar-refractivity contribution in [2.75, 3.05) is 0 Å². The van der Waals surface area contributed by atoms with Crippen molar-refractivity contribution in [3.05, 3.63) is 0 Å². The average molecular weight is 200 g/mol. The van der Waals surface area contributed by atoms with Gasteiger partial charge in [0.15, 0.2) is 0 Å². The number of amides is 1. The van der Waals surface area contributed by atoms with Gasteiger partial charge in [-0.05, 0) is 12.8 Å². The first kappa shape index (κ1) is 15.3. The molecule has 1 amide bonds. The first-order valence-electron chi connectivity index (χ1n) is 4.96. The smallest absolute Gasteiger partial charge is 0.236 e. The highest BCUT2D eigenvalue weighted by Crippen LogP contribution is 2.14. The van der Waals surface area contributed by atoms with Crippen molar-refractivity contribution in [1.29, 1.82) is 10.8 Å². The molecule has 0 radical (unpaired) electrons. The van der Waals surface area contributed by atoms with E-state index in [1.165, 1.54) is 0 Å². The molecule has 1 unspecified atom stereocenters. The van der Waals surface area contributed by atoms with E-state index in [1.807, 2.05) is 0 Å². The standard InChI is InChI=1S/C9H20N2O.N2/c1-3-5-7-8(6-4-2)9(12)11-10;1-2/h8H,3-7,10H2,1-2H3,(H,11,12);. The van der Waals surface area contributed by atoms with Gasteiger partial charge in [-0.2, -0.15) is 0 Å². The number of hydrogen-bond donors (Lipinski definition) is 2. The summed E-state index contributed by atoms with van der Waals surface area (Å²) in [6.07, 6.45) is 5.20. The Morgan fingerprint density at radius 2 is 1.86 bits per heavy atom. The Morgan fingerprint density at radius 3 is 2.21 bits per heavy atom. The van der Waals surface area contributed by atoms with Gasteiger partial charge in [-0.25, -0.2) is 5.84 Å². The monoisotopic (exact) mass is 200 g/mol. The normalized spacial score (nSPS) is 10.9. The second-order valence-electron chi connectivity index (χ2n) is 3.14. The molecule has 0 aromatic heterocycles. The average Bonchev–Trinajstić information content (AvgIpc) is 2.26. The van der Waals surface area contributed by atoms with Gasteiger partial charge >= 0.3 is 0 Å². The molecule has 0 heterocycles. The van der Waals surface area contributed by atoms with Crippen LogP contribution in [0.15, 0.2) is 0 Å². The molecule has 5 heteroatoms. The first-order valence-corrected chi connectivity index (χ1v) is 4.96. The Labute approximate surface area is 85.4 Å². The van der Waals surface area contributed by atoms with Gasteiger partial charge < -0.3 is 0 Å². The lowest BCUT2D eigenvalue weighted by Gasteiger charge is -2.12. The zero-order valence-electron chi connectivity index (χ0n) is 8.99. The van der Waals surface area contributed by atoms with E-state index in [4.69, 9.17) is 16.6 Å². The Morgan fingerprint density at radius 1 is 1.29 bits per heavy atom. The van der Waals surface area contributed by atoms with E-state index < -0.39 is 0 Å². The van der Waals surface area contributed by atoms with Gasteiger partial charge in [0, 0.05) is 16.7 Å². The van der Waals surface area contributed by atoms with Crippen molar-refractivity contribution in [3.8, 4) is 0 Å². The molecule has 3 N–H and O–H groups in total. The summed E-state index contributed by atoms with van der Waals surface area (Å²) >= 11 is 0. The second-order valence-corrected chi connectivity index (χ2v) is 3.14. The molecule has 0 aliphatic rings. The lowest BCUT2D eigenvalue weighted by molar-refractivity contribution is -0.125. The van der Waals surface area contributed by atoms with Crippen LogP contribution < -0.4 is 11.3 Å². The largest absolute Gasteiger partial charge is 0.294 e. The molecule has 0 spiro atoms. The van der Waals surface area contributed by atoms with E-state index in [1.54, 1.807) is 0 Å². The van der Waals surface area contributed by atoms with Gasteiger partial charge in [0.25, 0.3) is 0 Å². The number of hydrogen-bond acceptors (Lipinski definition) is 4. The van der Waals surface area contributed by atoms with Crippen molar-refractivity contribution in [3.63, 3.8) is 0 Å². The van der Waals surface area contributed by atoms with Crippen molar-refractivity contribution in [2.45, 2.75) is 46.0 Å². The Kier molecular flexibility index (Phi) is 13.0. The molecule has 0 aromatic carbocycles. The van der Waals surface area contributed by atoms with Gasteiger partial charge in [0.2, 0.25) is 5.91 Å². The van der Waals surface area contributed by atoms with E-state index in [-0.39, 0.29) is 11.8 Å². The summed E-state index contributed by atoms with van der Waals surface area (Å²) in [6, 6.07) is 0. The molecule has 0 saturated heterocycles. The highest BCUT2D eigenvalue weighted by atomic mass is 16.2. The third-order valence-electron chi connectivity index (χ3n) is 2.06. The van der Waals surface area contributed by atoms with Crippen LogP contribution in [0, 0.1) is 16.7 Å². The number of carbonyl (C=O) groups excluding carboxylic acids is 1. The van der Waals surface area contributed by atoms with Crippen LogP contribution >= 0.6 is 0 Å². The number of hydrazine groups is 1. The van der Waals surface area contributed by atoms with Crippen LogP contribution in [0.3, 0.4) is 0 Å². The molecule has 0 bridgehead atoms. The van der Waals surface area contributed by atoms with E-state index in [9.17, 15) is 4.79 Å². The van der Waals surface area contributed by atoms with Crippen LogP contribution in [0.2, 0.25) is 0 Å². The van der Waals surface area contributed by atoms with E-state index >= 15 is 0 Å². The third kappa shape index (κ3) is 7.50. The fourth-order valence-electron chi connectivity index (χ4n) is 1.32. The van der Waals surface area contributed by atoms with E-state index in [0.717, 1.165) is 32.1 Å². The first-order chi connectivity index (χ1) is 6.76. The van der Waals surface area contributed by atoms with Gasteiger partial charge in [-0.15, -0.1) is 0 Å². The van der Waals surface area contributed by atoms with Crippen LogP contribution in [-0.4, -0.2) is 5.91 Å². The summed E-state index contributed by atoms with van der Waals surface area (Å²) < 4.78 is 0. The van der Waals surface area contributed by atoms with Crippen molar-refractivity contribution >= 4 is 5.91 Å². The molecule has 5 nitrogen and oxygen atoms in total. The molecular weight excluding hydrogens is 180 g/mol. The summed E-state index contributed by atoms with van der Waals surface area (Å²) in [5.74, 6) is 5.19. The maximum absolute atomic E-state index is 11.2. The molecule has 0 aromatic rings. The van der Waals surface area contributed by atoms with Crippen LogP contribution in [0.5, 0.6) is 0 Å². The molecular formula is C9H20N4O. The molecule has 1 atom stereocenters. The lowest BCUT2D eigenvalue weighted by Crippen LogP contribution is -2.35. The van der Waals surface area contributed by atoms with Crippen LogP contribution in [0.4, 0.5) is 0 Å². The zero-order chi connectivity index (χ0) is 11.4. The van der Waals surface area contributed by atoms with Gasteiger partial charge in [0.05, 0.1) is 0 Å². The summed E-state index contributed by atoms with van der Waals surface area (Å²) in [4.78, 5) is 11.2. The van der Waals surface area contributed by atoms with Crippen molar-refractivity contribution < 1.29 is 4.79 Å². The number of nitrogens with two attached hydrogens (primary N) is 1. The van der Waals surface area contributed by atoms with Gasteiger partial charge in [0.1, 0.15) is 0 Å². The lowest BCUT2D eigenvalue weighted by atomic mass is 9.96. The highest BCUT2D eigenvalue weighted by Gasteiger charge is 2.14. The van der Waals surface area contributed by atoms with E-state index in [2.05, 4.69) is 19.3 Å². The fraction of sp³-hybridized carbons (Fsp3) is 0.889. The Bertz CT molecular complexity index is 158. The quantitative estimate of drug-likeness (QED) is 0.294. The fourth-order valence-corrected chi connectivity index (χ4v) is 1.32. The Balaban J connectivity index is 0. The minimum Gasteiger partial charge on any atom is -0.294 e. The topological polar surface area (TPSA) is 103 Å². The number of nitrogens with zero attached hydrogens (tertiary/aromatic N) is 2. The summed E-state index contributed by atoms with van der Waals surface area (Å²) in [7, 11) is 0. The minimum absolute atomic E-state index is 0.00898. The molecule has 0 aliphatic carbocycles. The van der Waals surface area contributed by atoms with Gasteiger partial charge in [-0.1, -0.05) is 33.1 Å². The second kappa shape index (κ2) is 11.8. The number of nitrogens with one attached hydrogen (secondary N) is 1. The molecule has 14 heavy (non-hydrogen) atoms. The number of unbranched alkanes of at least 4 members (excludes halogenated alkanes) is 1. The minimum atomic E-state index is -0.00898. The maximum Gasteiger partial charge on any atom is 0.236 e. The van der Waals surface area contributed by atoms with Crippen LogP contribution in [0.1, 0.15) is 46.0 Å². The maximum atomic E-state index is 11.2. The highest BCUT2D eigenvalue weighted by molar-refractivity contribution is 5.77. The SMILES string of the molecule is CCCCC(CCC)C(=O)NN.N#N. The van der Waals surface area contributed by atoms with Crippen LogP contribution in [0.25, 0.3) is 0 Å². The molecule has 0 fully saturated rings. The zero-order valence-corrected chi connectivity index (χ0v) is 8.99. The van der Waals surface area contributed by atoms with E-state index in [0.29, 0.717) is 0 Å². The summed E-state index contributed by atoms with van der Waals surface area (Å²) in [5, 5.41) is 12.0. The summed E-state index contributed by atoms with van der Waals surface area (Å²) in [5.41, 5.74) is 2.22. The van der Waals surface area contributed by atoms with Crippen LogP contribution in [-0.2, 0) is 4.79 Å². The molecule has 0 aliphatic heterocycles. The number of rotatable bonds is 6. The number of carbonyl (C=O) groups is 1. The summed E-state index contributed by atoms with van der Waals surface area (Å²) in [6.45, 7) is 4.21. The van der Waals surface area contributed by atoms with Crippen molar-refractivity contribution in [1.82, 2.24) is 5.43 Å². The molecule has 0 saturated carbocycles. The molecule has 82 valence electrons. The van der Waals surface area contributed by atoms with Gasteiger partial charge in [-0.3, -0.25) is 10.2 Å². The predicted molar refractivity (Wildman–Crippen MR) is 53.7 cm³/mol. The predicted octanol–water partition coefficient (Wildman–Crippen LogP) is 1.61. The third-order valence-corrected chi connectivity index (χ3v) is 2.06. The Hall–Kier alpha value is -1.15. The molecule has 0 rings (SSSR count). The van der Waals surface area contributed by atoms with Crippen molar-refractivity contribution in [2.24, 2.45) is 11.8 Å².